The molecule has 0 amide bonds. The summed E-state index contributed by atoms with van der Waals surface area (Å²) in [5, 5.41) is 15.1. The van der Waals surface area contributed by atoms with E-state index in [1.54, 1.807) is 0 Å². The molecule has 0 aromatic heterocycles. The smallest absolute Gasteiger partial charge is 0.0957 e. The van der Waals surface area contributed by atoms with Gasteiger partial charge >= 0.3 is 0 Å². The quantitative estimate of drug-likeness (QED) is 0.253. The summed E-state index contributed by atoms with van der Waals surface area (Å²) >= 11 is 0. The number of piperidine rings is 1. The first kappa shape index (κ1) is 19.2. The molecule has 0 aromatic carbocycles. The van der Waals surface area contributed by atoms with Crippen molar-refractivity contribution in [1.29, 1.82) is 10.8 Å². The molecule has 0 saturated carbocycles. The van der Waals surface area contributed by atoms with E-state index in [2.05, 4.69) is 4.90 Å². The molecule has 2 N–H and O–H groups in total. The van der Waals surface area contributed by atoms with Gasteiger partial charge in [-0.3, -0.25) is 5.41 Å². The standard InChI is InChI=1S/C19H37N3/c20-16-12-9-7-5-3-1-2-4-6-8-11-15-19(21)22-17-13-10-14-18-22/h16,20-21H,1-15,17-18H2. The molecule has 1 fully saturated rings. The number of unbranched alkanes of at least 4 members (excludes halogenated alkanes) is 10. The van der Waals surface area contributed by atoms with Crippen LogP contribution in [0.1, 0.15) is 96.3 Å². The van der Waals surface area contributed by atoms with Crippen molar-refractivity contribution in [3.8, 4) is 0 Å². The molecule has 3 nitrogen and oxygen atoms in total. The maximum Gasteiger partial charge on any atom is 0.0957 e. The van der Waals surface area contributed by atoms with Gasteiger partial charge in [0.25, 0.3) is 0 Å². The third-order valence-electron chi connectivity index (χ3n) is 4.75. The average molecular weight is 308 g/mol. The fourth-order valence-electron chi connectivity index (χ4n) is 3.27. The Morgan fingerprint density at radius 1 is 0.727 bits per heavy atom. The van der Waals surface area contributed by atoms with Gasteiger partial charge in [0, 0.05) is 19.5 Å². The Balaban J connectivity index is 1.79. The van der Waals surface area contributed by atoms with Crippen molar-refractivity contribution >= 4 is 12.1 Å². The fourth-order valence-corrected chi connectivity index (χ4v) is 3.27. The molecule has 0 unspecified atom stereocenters. The van der Waals surface area contributed by atoms with Crippen LogP contribution in [-0.2, 0) is 0 Å². The molecule has 0 spiro atoms. The first-order chi connectivity index (χ1) is 10.8. The number of hydrogen-bond donors (Lipinski definition) is 2. The summed E-state index contributed by atoms with van der Waals surface area (Å²) < 4.78 is 0. The number of nitrogens with zero attached hydrogens (tertiary/aromatic N) is 1. The fraction of sp³-hybridized carbons (Fsp3) is 0.895. The van der Waals surface area contributed by atoms with Crippen LogP contribution in [0.15, 0.2) is 0 Å². The van der Waals surface area contributed by atoms with E-state index in [1.807, 2.05) is 0 Å². The first-order valence-corrected chi connectivity index (χ1v) is 9.66. The van der Waals surface area contributed by atoms with Crippen molar-refractivity contribution in [3.05, 3.63) is 0 Å². The molecule has 0 aromatic rings. The molecular formula is C19H37N3. The maximum atomic E-state index is 8.14. The van der Waals surface area contributed by atoms with E-state index in [0.717, 1.165) is 31.8 Å². The van der Waals surface area contributed by atoms with Gasteiger partial charge in [0.1, 0.15) is 0 Å². The summed E-state index contributed by atoms with van der Waals surface area (Å²) in [6.07, 6.45) is 20.6. The molecule has 22 heavy (non-hydrogen) atoms. The predicted octanol–water partition coefficient (Wildman–Crippen LogP) is 5.78. The minimum Gasteiger partial charge on any atom is -0.361 e. The van der Waals surface area contributed by atoms with Gasteiger partial charge in [0.2, 0.25) is 0 Å². The second-order valence-electron chi connectivity index (χ2n) is 6.77. The monoisotopic (exact) mass is 307 g/mol. The van der Waals surface area contributed by atoms with Gasteiger partial charge in [0.15, 0.2) is 0 Å². The average Bonchev–Trinajstić information content (AvgIpc) is 2.56. The third kappa shape index (κ3) is 9.97. The summed E-state index contributed by atoms with van der Waals surface area (Å²) in [5.41, 5.74) is 0. The van der Waals surface area contributed by atoms with Crippen molar-refractivity contribution < 1.29 is 0 Å². The first-order valence-electron chi connectivity index (χ1n) is 9.66. The van der Waals surface area contributed by atoms with E-state index >= 15 is 0 Å². The highest BCUT2D eigenvalue weighted by atomic mass is 15.2. The van der Waals surface area contributed by atoms with Crippen LogP contribution >= 0.6 is 0 Å². The van der Waals surface area contributed by atoms with E-state index in [0.29, 0.717) is 0 Å². The molecule has 1 aliphatic heterocycles. The maximum absolute atomic E-state index is 8.14. The molecule has 1 saturated heterocycles. The van der Waals surface area contributed by atoms with Crippen LogP contribution in [0.2, 0.25) is 0 Å². The summed E-state index contributed by atoms with van der Waals surface area (Å²) in [4.78, 5) is 2.29. The number of rotatable bonds is 13. The second-order valence-corrected chi connectivity index (χ2v) is 6.77. The highest BCUT2D eigenvalue weighted by molar-refractivity contribution is 5.79. The SMILES string of the molecule is N=CCCCCCCCCCCCCC(=N)N1CCCCC1. The van der Waals surface area contributed by atoms with Crippen molar-refractivity contribution in [3.63, 3.8) is 0 Å². The van der Waals surface area contributed by atoms with Gasteiger partial charge in [-0.25, -0.2) is 0 Å². The highest BCUT2D eigenvalue weighted by Gasteiger charge is 2.12. The lowest BCUT2D eigenvalue weighted by atomic mass is 10.0. The summed E-state index contributed by atoms with van der Waals surface area (Å²) in [5.74, 6) is 0.893. The number of hydrogen-bond acceptors (Lipinski definition) is 2. The lowest BCUT2D eigenvalue weighted by Crippen LogP contribution is -2.34. The van der Waals surface area contributed by atoms with E-state index in [4.69, 9.17) is 10.8 Å². The Kier molecular flexibility index (Phi) is 12.0. The van der Waals surface area contributed by atoms with Crippen LogP contribution in [0.3, 0.4) is 0 Å². The van der Waals surface area contributed by atoms with Crippen molar-refractivity contribution in [2.75, 3.05) is 13.1 Å². The Bertz CT molecular complexity index is 282. The molecule has 1 aliphatic rings. The van der Waals surface area contributed by atoms with E-state index in [1.165, 1.54) is 89.7 Å². The zero-order chi connectivity index (χ0) is 15.9. The van der Waals surface area contributed by atoms with Crippen molar-refractivity contribution in [2.45, 2.75) is 96.3 Å². The van der Waals surface area contributed by atoms with Crippen molar-refractivity contribution in [2.24, 2.45) is 0 Å². The lowest BCUT2D eigenvalue weighted by Gasteiger charge is -2.29. The van der Waals surface area contributed by atoms with E-state index < -0.39 is 0 Å². The van der Waals surface area contributed by atoms with Gasteiger partial charge in [-0.1, -0.05) is 51.4 Å². The number of amidine groups is 1. The van der Waals surface area contributed by atoms with Gasteiger partial charge in [-0.05, 0) is 44.7 Å². The number of nitrogens with one attached hydrogen (secondary N) is 2. The molecule has 0 atom stereocenters. The lowest BCUT2D eigenvalue weighted by molar-refractivity contribution is 0.333. The third-order valence-corrected chi connectivity index (χ3v) is 4.75. The topological polar surface area (TPSA) is 50.9 Å². The highest BCUT2D eigenvalue weighted by Crippen LogP contribution is 2.14. The van der Waals surface area contributed by atoms with Crippen LogP contribution in [0.25, 0.3) is 0 Å². The molecule has 0 aliphatic carbocycles. The van der Waals surface area contributed by atoms with Crippen molar-refractivity contribution in [1.82, 2.24) is 4.90 Å². The Morgan fingerprint density at radius 2 is 1.23 bits per heavy atom. The minimum atomic E-state index is 0.893. The zero-order valence-corrected chi connectivity index (χ0v) is 14.5. The van der Waals surface area contributed by atoms with Crippen LogP contribution in [0.4, 0.5) is 0 Å². The van der Waals surface area contributed by atoms with Crippen LogP contribution in [0.5, 0.6) is 0 Å². The molecular weight excluding hydrogens is 270 g/mol. The Morgan fingerprint density at radius 3 is 1.77 bits per heavy atom. The van der Waals surface area contributed by atoms with Crippen LogP contribution in [-0.4, -0.2) is 30.0 Å². The van der Waals surface area contributed by atoms with Crippen LogP contribution < -0.4 is 0 Å². The molecule has 0 radical (unpaired) electrons. The van der Waals surface area contributed by atoms with Gasteiger partial charge in [-0.15, -0.1) is 0 Å². The van der Waals surface area contributed by atoms with Gasteiger partial charge < -0.3 is 10.3 Å². The second kappa shape index (κ2) is 13.8. The number of likely N-dealkylation sites (tertiary alicyclic amines) is 1. The van der Waals surface area contributed by atoms with E-state index in [-0.39, 0.29) is 0 Å². The molecule has 1 heterocycles. The van der Waals surface area contributed by atoms with Crippen LogP contribution in [0, 0.1) is 10.8 Å². The molecule has 1 rings (SSSR count). The summed E-state index contributed by atoms with van der Waals surface area (Å²) in [6, 6.07) is 0. The molecule has 128 valence electrons. The molecule has 3 heteroatoms. The largest absolute Gasteiger partial charge is 0.361 e. The van der Waals surface area contributed by atoms with Gasteiger partial charge in [0.05, 0.1) is 5.84 Å². The predicted molar refractivity (Wildman–Crippen MR) is 97.3 cm³/mol. The minimum absolute atomic E-state index is 0.893. The Labute approximate surface area is 137 Å². The normalized spacial score (nSPS) is 15.0. The van der Waals surface area contributed by atoms with E-state index in [9.17, 15) is 0 Å². The summed E-state index contributed by atoms with van der Waals surface area (Å²) in [7, 11) is 0. The Hall–Kier alpha value is -0.860. The zero-order valence-electron chi connectivity index (χ0n) is 14.5. The van der Waals surface area contributed by atoms with Gasteiger partial charge in [-0.2, -0.15) is 0 Å². The molecule has 0 bridgehead atoms. The summed E-state index contributed by atoms with van der Waals surface area (Å²) in [6.45, 7) is 2.25.